The molecular weight excluding hydrogens is 220 g/mol. The Morgan fingerprint density at radius 2 is 1.83 bits per heavy atom. The van der Waals surface area contributed by atoms with E-state index in [1.54, 1.807) is 0 Å². The fourth-order valence-corrected chi connectivity index (χ4v) is 2.58. The molecule has 2 aromatic carbocycles. The number of nitrogens with one attached hydrogen (secondary N) is 1. The van der Waals surface area contributed by atoms with Gasteiger partial charge in [0, 0.05) is 5.69 Å². The van der Waals surface area contributed by atoms with Crippen LogP contribution in [-0.2, 0) is 12.8 Å². The summed E-state index contributed by atoms with van der Waals surface area (Å²) in [5, 5.41) is 3.42. The Labute approximate surface area is 108 Å². The van der Waals surface area contributed by atoms with Gasteiger partial charge in [-0.05, 0) is 67.1 Å². The topological polar surface area (TPSA) is 38.0 Å². The Morgan fingerprint density at radius 1 is 1.00 bits per heavy atom. The van der Waals surface area contributed by atoms with Gasteiger partial charge in [0.15, 0.2) is 0 Å². The minimum Gasteiger partial charge on any atom is -0.397 e. The maximum Gasteiger partial charge on any atom is 0.0620 e. The lowest BCUT2D eigenvalue weighted by molar-refractivity contribution is 0.912. The second-order valence-corrected chi connectivity index (χ2v) is 5.05. The van der Waals surface area contributed by atoms with Gasteiger partial charge in [-0.3, -0.25) is 0 Å². The zero-order valence-corrected chi connectivity index (χ0v) is 10.7. The van der Waals surface area contributed by atoms with E-state index in [1.165, 1.54) is 36.0 Å². The molecule has 1 aliphatic carbocycles. The molecule has 0 radical (unpaired) electrons. The number of nitrogen functional groups attached to an aromatic ring is 1. The summed E-state index contributed by atoms with van der Waals surface area (Å²) in [6.07, 6.45) is 3.71. The molecule has 92 valence electrons. The average molecular weight is 238 g/mol. The van der Waals surface area contributed by atoms with E-state index in [9.17, 15) is 0 Å². The molecule has 2 heteroatoms. The number of benzene rings is 2. The molecule has 0 saturated carbocycles. The van der Waals surface area contributed by atoms with E-state index in [0.717, 1.165) is 17.1 Å². The summed E-state index contributed by atoms with van der Waals surface area (Å²) < 4.78 is 0. The van der Waals surface area contributed by atoms with Crippen molar-refractivity contribution in [1.29, 1.82) is 0 Å². The van der Waals surface area contributed by atoms with Crippen LogP contribution >= 0.6 is 0 Å². The predicted molar refractivity (Wildman–Crippen MR) is 77.3 cm³/mol. The molecule has 0 saturated heterocycles. The number of anilines is 3. The molecule has 0 amide bonds. The summed E-state index contributed by atoms with van der Waals surface area (Å²) in [5.74, 6) is 0. The maximum atomic E-state index is 5.99. The third-order valence-electron chi connectivity index (χ3n) is 3.59. The monoisotopic (exact) mass is 238 g/mol. The van der Waals surface area contributed by atoms with Crippen LogP contribution in [0.1, 0.15) is 23.1 Å². The number of hydrogen-bond donors (Lipinski definition) is 2. The van der Waals surface area contributed by atoms with Crippen LogP contribution in [0.15, 0.2) is 36.4 Å². The van der Waals surface area contributed by atoms with Crippen LogP contribution in [0, 0.1) is 6.92 Å². The van der Waals surface area contributed by atoms with E-state index >= 15 is 0 Å². The molecule has 3 N–H and O–H groups in total. The minimum atomic E-state index is 0.793. The third kappa shape index (κ3) is 2.06. The van der Waals surface area contributed by atoms with Gasteiger partial charge < -0.3 is 11.1 Å². The van der Waals surface area contributed by atoms with E-state index < -0.39 is 0 Å². The van der Waals surface area contributed by atoms with Gasteiger partial charge in [-0.2, -0.15) is 0 Å². The number of rotatable bonds is 2. The first-order valence-corrected chi connectivity index (χ1v) is 6.47. The molecule has 0 aromatic heterocycles. The molecule has 0 atom stereocenters. The summed E-state index contributed by atoms with van der Waals surface area (Å²) >= 11 is 0. The summed E-state index contributed by atoms with van der Waals surface area (Å²) in [6, 6.07) is 12.7. The molecule has 0 bridgehead atoms. The van der Waals surface area contributed by atoms with Crippen LogP contribution < -0.4 is 11.1 Å². The second kappa shape index (κ2) is 4.37. The molecule has 0 unspecified atom stereocenters. The minimum absolute atomic E-state index is 0.793. The van der Waals surface area contributed by atoms with Gasteiger partial charge in [0.2, 0.25) is 0 Å². The average Bonchev–Trinajstić information content (AvgIpc) is 2.81. The Morgan fingerprint density at radius 3 is 2.72 bits per heavy atom. The highest BCUT2D eigenvalue weighted by molar-refractivity contribution is 5.73. The number of aryl methyl sites for hydroxylation is 3. The lowest BCUT2D eigenvalue weighted by Crippen LogP contribution is -1.97. The molecule has 0 spiro atoms. The summed E-state index contributed by atoms with van der Waals surface area (Å²) in [7, 11) is 0. The van der Waals surface area contributed by atoms with Gasteiger partial charge in [0.05, 0.1) is 11.4 Å². The van der Waals surface area contributed by atoms with Gasteiger partial charge in [-0.25, -0.2) is 0 Å². The van der Waals surface area contributed by atoms with Crippen molar-refractivity contribution in [2.75, 3.05) is 11.1 Å². The zero-order chi connectivity index (χ0) is 12.5. The van der Waals surface area contributed by atoms with Crippen molar-refractivity contribution >= 4 is 17.1 Å². The molecule has 1 aliphatic rings. The predicted octanol–water partition coefficient (Wildman–Crippen LogP) is 3.81. The van der Waals surface area contributed by atoms with Crippen molar-refractivity contribution in [2.45, 2.75) is 26.2 Å². The molecule has 0 fully saturated rings. The number of nitrogens with two attached hydrogens (primary N) is 1. The van der Waals surface area contributed by atoms with E-state index in [4.69, 9.17) is 5.73 Å². The van der Waals surface area contributed by atoms with Crippen molar-refractivity contribution in [1.82, 2.24) is 0 Å². The highest BCUT2D eigenvalue weighted by atomic mass is 14.9. The van der Waals surface area contributed by atoms with E-state index in [0.29, 0.717) is 0 Å². The molecule has 2 aromatic rings. The molecule has 3 rings (SSSR count). The van der Waals surface area contributed by atoms with Crippen LogP contribution in [0.3, 0.4) is 0 Å². The van der Waals surface area contributed by atoms with Gasteiger partial charge in [-0.1, -0.05) is 12.1 Å². The zero-order valence-electron chi connectivity index (χ0n) is 10.7. The standard InChI is InChI=1S/C16H18N2/c1-11-5-8-15(17)16(9-11)18-14-7-6-12-3-2-4-13(12)10-14/h5-10,18H,2-4,17H2,1H3. The fourth-order valence-electron chi connectivity index (χ4n) is 2.58. The molecule has 18 heavy (non-hydrogen) atoms. The lowest BCUT2D eigenvalue weighted by Gasteiger charge is -2.11. The Hall–Kier alpha value is -1.96. The van der Waals surface area contributed by atoms with Gasteiger partial charge in [0.25, 0.3) is 0 Å². The Bertz CT molecular complexity index is 588. The van der Waals surface area contributed by atoms with Crippen LogP contribution in [0.25, 0.3) is 0 Å². The second-order valence-electron chi connectivity index (χ2n) is 5.05. The van der Waals surface area contributed by atoms with Gasteiger partial charge in [-0.15, -0.1) is 0 Å². The highest BCUT2D eigenvalue weighted by Gasteiger charge is 2.11. The SMILES string of the molecule is Cc1ccc(N)c(Nc2ccc3c(c2)CCC3)c1. The maximum absolute atomic E-state index is 5.99. The van der Waals surface area contributed by atoms with Gasteiger partial charge >= 0.3 is 0 Å². The van der Waals surface area contributed by atoms with Crippen LogP contribution in [-0.4, -0.2) is 0 Å². The summed E-state index contributed by atoms with van der Waals surface area (Å²) in [6.45, 7) is 2.08. The van der Waals surface area contributed by atoms with Crippen LogP contribution in [0.5, 0.6) is 0 Å². The number of fused-ring (bicyclic) bond motifs is 1. The molecule has 2 nitrogen and oxygen atoms in total. The van der Waals surface area contributed by atoms with Crippen molar-refractivity contribution in [3.63, 3.8) is 0 Å². The van der Waals surface area contributed by atoms with Crippen LogP contribution in [0.4, 0.5) is 17.1 Å². The summed E-state index contributed by atoms with van der Waals surface area (Å²) in [5.41, 5.74) is 13.1. The Kier molecular flexibility index (Phi) is 2.71. The smallest absolute Gasteiger partial charge is 0.0620 e. The molecule has 0 heterocycles. The third-order valence-corrected chi connectivity index (χ3v) is 3.59. The first-order valence-electron chi connectivity index (χ1n) is 6.47. The fraction of sp³-hybridized carbons (Fsp3) is 0.250. The lowest BCUT2D eigenvalue weighted by atomic mass is 10.1. The normalized spacial score (nSPS) is 13.4. The van der Waals surface area contributed by atoms with E-state index in [2.05, 4.69) is 36.5 Å². The van der Waals surface area contributed by atoms with Crippen molar-refractivity contribution < 1.29 is 0 Å². The highest BCUT2D eigenvalue weighted by Crippen LogP contribution is 2.28. The Balaban J connectivity index is 1.90. The van der Waals surface area contributed by atoms with E-state index in [1.807, 2.05) is 12.1 Å². The molecule has 0 aliphatic heterocycles. The first-order chi connectivity index (χ1) is 8.72. The van der Waals surface area contributed by atoms with Crippen molar-refractivity contribution in [3.8, 4) is 0 Å². The first kappa shape index (κ1) is 11.1. The van der Waals surface area contributed by atoms with E-state index in [-0.39, 0.29) is 0 Å². The summed E-state index contributed by atoms with van der Waals surface area (Å²) in [4.78, 5) is 0. The van der Waals surface area contributed by atoms with Crippen molar-refractivity contribution in [2.24, 2.45) is 0 Å². The molecular formula is C16H18N2. The number of hydrogen-bond acceptors (Lipinski definition) is 2. The van der Waals surface area contributed by atoms with Gasteiger partial charge in [0.1, 0.15) is 0 Å². The van der Waals surface area contributed by atoms with Crippen LogP contribution in [0.2, 0.25) is 0 Å². The van der Waals surface area contributed by atoms with Crippen molar-refractivity contribution in [3.05, 3.63) is 53.1 Å². The quantitative estimate of drug-likeness (QED) is 0.781. The largest absolute Gasteiger partial charge is 0.397 e.